The van der Waals surface area contributed by atoms with Crippen LogP contribution < -0.4 is 10.5 Å². The fraction of sp³-hybridized carbons (Fsp3) is 0.538. The van der Waals surface area contributed by atoms with Crippen LogP contribution in [-0.2, 0) is 16.6 Å². The van der Waals surface area contributed by atoms with Crippen molar-refractivity contribution in [1.82, 2.24) is 4.72 Å². The third-order valence-electron chi connectivity index (χ3n) is 3.61. The minimum Gasteiger partial charge on any atom is -0.326 e. The molecule has 0 heterocycles. The number of halogens is 2. The Morgan fingerprint density at radius 1 is 1.30 bits per heavy atom. The minimum atomic E-state index is -3.70. The topological polar surface area (TPSA) is 72.2 Å². The van der Waals surface area contributed by atoms with Crippen molar-refractivity contribution >= 4 is 33.2 Å². The van der Waals surface area contributed by atoms with Crippen LogP contribution in [0.5, 0.6) is 0 Å². The number of hydrogen-bond donors (Lipinski definition) is 2. The number of rotatable bonds is 5. The Hall–Kier alpha value is -0.330. The van der Waals surface area contributed by atoms with Gasteiger partial charge in [0.1, 0.15) is 4.90 Å². The summed E-state index contributed by atoms with van der Waals surface area (Å²) in [7, 11) is -3.70. The van der Waals surface area contributed by atoms with E-state index in [1.807, 2.05) is 13.8 Å². The van der Waals surface area contributed by atoms with Crippen molar-refractivity contribution in [3.05, 3.63) is 27.7 Å². The maximum atomic E-state index is 12.5. The summed E-state index contributed by atoms with van der Waals surface area (Å²) in [5, 5.41) is 0.476. The zero-order chi connectivity index (χ0) is 15.1. The van der Waals surface area contributed by atoms with Gasteiger partial charge in [-0.2, -0.15) is 0 Å². The normalized spacial score (nSPS) is 16.4. The van der Waals surface area contributed by atoms with Gasteiger partial charge in [0.25, 0.3) is 0 Å². The van der Waals surface area contributed by atoms with Gasteiger partial charge in [-0.1, -0.05) is 23.2 Å². The van der Waals surface area contributed by atoms with Gasteiger partial charge < -0.3 is 5.73 Å². The Bertz CT molecular complexity index is 626. The number of benzene rings is 1. The number of sulfonamides is 1. The first-order chi connectivity index (χ1) is 9.17. The monoisotopic (exact) mass is 336 g/mol. The van der Waals surface area contributed by atoms with Crippen molar-refractivity contribution in [3.8, 4) is 0 Å². The van der Waals surface area contributed by atoms with Crippen molar-refractivity contribution in [2.45, 2.75) is 43.7 Å². The summed E-state index contributed by atoms with van der Waals surface area (Å²) >= 11 is 12.0. The van der Waals surface area contributed by atoms with Gasteiger partial charge in [-0.15, -0.1) is 0 Å². The van der Waals surface area contributed by atoms with Crippen LogP contribution in [0, 0.1) is 5.92 Å². The van der Waals surface area contributed by atoms with Crippen LogP contribution in [0.25, 0.3) is 0 Å². The van der Waals surface area contributed by atoms with Crippen LogP contribution in [0.2, 0.25) is 10.0 Å². The van der Waals surface area contributed by atoms with Crippen molar-refractivity contribution in [2.24, 2.45) is 11.7 Å². The molecular weight excluding hydrogens is 319 g/mol. The molecule has 0 aliphatic heterocycles. The molecule has 0 unspecified atom stereocenters. The molecule has 20 heavy (non-hydrogen) atoms. The van der Waals surface area contributed by atoms with Gasteiger partial charge in [0, 0.05) is 17.1 Å². The van der Waals surface area contributed by atoms with Crippen molar-refractivity contribution < 1.29 is 8.42 Å². The van der Waals surface area contributed by atoms with Gasteiger partial charge in [0.15, 0.2) is 0 Å². The molecule has 2 rings (SSSR count). The molecule has 3 N–H and O–H groups in total. The quantitative estimate of drug-likeness (QED) is 0.868. The van der Waals surface area contributed by atoms with E-state index in [9.17, 15) is 8.42 Å². The van der Waals surface area contributed by atoms with E-state index in [0.29, 0.717) is 16.5 Å². The third-order valence-corrected chi connectivity index (χ3v) is 6.09. The summed E-state index contributed by atoms with van der Waals surface area (Å²) in [6.45, 7) is 3.93. The van der Waals surface area contributed by atoms with Crippen molar-refractivity contribution in [2.75, 3.05) is 0 Å². The Morgan fingerprint density at radius 2 is 1.90 bits per heavy atom. The van der Waals surface area contributed by atoms with Gasteiger partial charge in [0.05, 0.1) is 5.02 Å². The molecule has 112 valence electrons. The lowest BCUT2D eigenvalue weighted by atomic mass is 10.0. The molecule has 0 amide bonds. The lowest BCUT2D eigenvalue weighted by molar-refractivity contribution is 0.400. The van der Waals surface area contributed by atoms with Gasteiger partial charge in [-0.05, 0) is 50.3 Å². The first-order valence-corrected chi connectivity index (χ1v) is 8.63. The predicted molar refractivity (Wildman–Crippen MR) is 81.5 cm³/mol. The SMILES string of the molecule is CC(C)(NS(=O)(=O)c1cc(CN)c(Cl)cc1Cl)C1CC1. The highest BCUT2D eigenvalue weighted by Crippen LogP contribution is 2.40. The molecule has 1 fully saturated rings. The fourth-order valence-corrected chi connectivity index (χ4v) is 4.57. The summed E-state index contributed by atoms with van der Waals surface area (Å²) in [4.78, 5) is 0.0257. The van der Waals surface area contributed by atoms with Gasteiger partial charge in [0.2, 0.25) is 10.0 Å². The van der Waals surface area contributed by atoms with E-state index in [4.69, 9.17) is 28.9 Å². The van der Waals surface area contributed by atoms with Crippen LogP contribution in [0.4, 0.5) is 0 Å². The number of nitrogens with two attached hydrogens (primary N) is 1. The molecule has 0 atom stereocenters. The highest BCUT2D eigenvalue weighted by atomic mass is 35.5. The second-order valence-electron chi connectivity index (χ2n) is 5.68. The largest absolute Gasteiger partial charge is 0.326 e. The van der Waals surface area contributed by atoms with E-state index in [0.717, 1.165) is 12.8 Å². The average molecular weight is 337 g/mol. The van der Waals surface area contributed by atoms with Crippen molar-refractivity contribution in [1.29, 1.82) is 0 Å². The summed E-state index contributed by atoms with van der Waals surface area (Å²) in [5.74, 6) is 0.373. The summed E-state index contributed by atoms with van der Waals surface area (Å²) < 4.78 is 27.7. The Labute approximate surface area is 129 Å². The standard InChI is InChI=1S/C13H18Cl2N2O2S/c1-13(2,9-3-4-9)17-20(18,19)12-5-8(7-16)10(14)6-11(12)15/h5-6,9,17H,3-4,7,16H2,1-2H3. The highest BCUT2D eigenvalue weighted by Gasteiger charge is 2.41. The second kappa shape index (κ2) is 5.46. The number of hydrogen-bond acceptors (Lipinski definition) is 3. The molecule has 0 saturated heterocycles. The maximum Gasteiger partial charge on any atom is 0.242 e. The van der Waals surface area contributed by atoms with E-state index in [2.05, 4.69) is 4.72 Å². The van der Waals surface area contributed by atoms with Gasteiger partial charge in [-0.25, -0.2) is 13.1 Å². The fourth-order valence-electron chi connectivity index (χ4n) is 2.22. The van der Waals surface area contributed by atoms with E-state index in [1.165, 1.54) is 12.1 Å². The first-order valence-electron chi connectivity index (χ1n) is 6.39. The highest BCUT2D eigenvalue weighted by molar-refractivity contribution is 7.89. The Morgan fingerprint density at radius 3 is 2.40 bits per heavy atom. The van der Waals surface area contributed by atoms with Gasteiger partial charge in [-0.3, -0.25) is 0 Å². The summed E-state index contributed by atoms with van der Waals surface area (Å²) in [6.07, 6.45) is 2.08. The van der Waals surface area contributed by atoms with E-state index in [1.54, 1.807) is 0 Å². The molecule has 4 nitrogen and oxygen atoms in total. The average Bonchev–Trinajstić information content (AvgIpc) is 3.10. The maximum absolute atomic E-state index is 12.5. The lowest BCUT2D eigenvalue weighted by Crippen LogP contribution is -2.45. The second-order valence-corrected chi connectivity index (χ2v) is 8.14. The molecule has 1 saturated carbocycles. The molecular formula is C13H18Cl2N2O2S. The van der Waals surface area contributed by atoms with Crippen LogP contribution in [0.15, 0.2) is 17.0 Å². The first kappa shape index (κ1) is 16.0. The molecule has 0 spiro atoms. The molecule has 1 aliphatic carbocycles. The molecule has 1 aromatic carbocycles. The molecule has 0 bridgehead atoms. The minimum absolute atomic E-state index is 0.0257. The zero-order valence-electron chi connectivity index (χ0n) is 11.4. The zero-order valence-corrected chi connectivity index (χ0v) is 13.7. The molecule has 1 aromatic rings. The van der Waals surface area contributed by atoms with Gasteiger partial charge >= 0.3 is 0 Å². The molecule has 1 aliphatic rings. The van der Waals surface area contributed by atoms with Crippen molar-refractivity contribution in [3.63, 3.8) is 0 Å². The lowest BCUT2D eigenvalue weighted by Gasteiger charge is -2.26. The van der Waals surface area contributed by atoms with Crippen LogP contribution in [-0.4, -0.2) is 14.0 Å². The third kappa shape index (κ3) is 3.28. The Balaban J connectivity index is 2.38. The van der Waals surface area contributed by atoms with Crippen LogP contribution >= 0.6 is 23.2 Å². The van der Waals surface area contributed by atoms with Crippen LogP contribution in [0.1, 0.15) is 32.3 Å². The predicted octanol–water partition coefficient (Wildman–Crippen LogP) is 2.92. The summed E-state index contributed by atoms with van der Waals surface area (Å²) in [5.41, 5.74) is 5.63. The smallest absolute Gasteiger partial charge is 0.242 e. The number of nitrogens with one attached hydrogen (secondary N) is 1. The van der Waals surface area contributed by atoms with E-state index >= 15 is 0 Å². The Kier molecular flexibility index (Phi) is 4.38. The molecule has 0 aromatic heterocycles. The molecule has 7 heteroatoms. The van der Waals surface area contributed by atoms with E-state index in [-0.39, 0.29) is 16.5 Å². The molecule has 0 radical (unpaired) electrons. The van der Waals surface area contributed by atoms with E-state index < -0.39 is 15.6 Å². The van der Waals surface area contributed by atoms with Crippen LogP contribution in [0.3, 0.4) is 0 Å². The summed E-state index contributed by atoms with van der Waals surface area (Å²) in [6, 6.07) is 2.86.